The maximum absolute atomic E-state index is 12.5. The van der Waals surface area contributed by atoms with E-state index in [4.69, 9.17) is 4.74 Å². The van der Waals surface area contributed by atoms with Gasteiger partial charge in [0.05, 0.1) is 7.11 Å². The summed E-state index contributed by atoms with van der Waals surface area (Å²) < 4.78 is 5.15. The third-order valence-corrected chi connectivity index (χ3v) is 4.04. The molecule has 0 bridgehead atoms. The molecule has 0 heterocycles. The molecule has 1 saturated carbocycles. The standard InChI is InChI=1S/C17H34N2O2/c1-7-18-17(15-8-9-15,16(20)21-6)12-19(10-13(2)3)11-14(4)5/h13-15,18H,7-12H2,1-6H3. The quantitative estimate of drug-likeness (QED) is 0.629. The number of rotatable bonds is 10. The predicted molar refractivity (Wildman–Crippen MR) is 87.3 cm³/mol. The summed E-state index contributed by atoms with van der Waals surface area (Å²) in [5, 5.41) is 3.47. The van der Waals surface area contributed by atoms with Crippen LogP contribution in [0.1, 0.15) is 47.5 Å². The van der Waals surface area contributed by atoms with Crippen LogP contribution in [0.4, 0.5) is 0 Å². The number of carbonyl (C=O) groups excluding carboxylic acids is 1. The van der Waals surface area contributed by atoms with Crippen molar-refractivity contribution >= 4 is 5.97 Å². The van der Waals surface area contributed by atoms with E-state index >= 15 is 0 Å². The molecule has 0 spiro atoms. The van der Waals surface area contributed by atoms with Gasteiger partial charge >= 0.3 is 5.97 Å². The maximum Gasteiger partial charge on any atom is 0.327 e. The van der Waals surface area contributed by atoms with Crippen LogP contribution in [0.3, 0.4) is 0 Å². The van der Waals surface area contributed by atoms with Crippen molar-refractivity contribution < 1.29 is 9.53 Å². The van der Waals surface area contributed by atoms with E-state index < -0.39 is 5.54 Å². The van der Waals surface area contributed by atoms with Crippen LogP contribution in [0.5, 0.6) is 0 Å². The van der Waals surface area contributed by atoms with Crippen molar-refractivity contribution in [3.63, 3.8) is 0 Å². The Morgan fingerprint density at radius 3 is 2.10 bits per heavy atom. The van der Waals surface area contributed by atoms with E-state index in [9.17, 15) is 4.79 Å². The highest BCUT2D eigenvalue weighted by atomic mass is 16.5. The Hall–Kier alpha value is -0.610. The molecule has 1 fully saturated rings. The largest absolute Gasteiger partial charge is 0.468 e. The fourth-order valence-electron chi connectivity index (χ4n) is 3.30. The Kier molecular flexibility index (Phi) is 7.14. The molecule has 1 aliphatic rings. The monoisotopic (exact) mass is 298 g/mol. The van der Waals surface area contributed by atoms with E-state index in [2.05, 4.69) is 44.8 Å². The number of hydrogen-bond acceptors (Lipinski definition) is 4. The summed E-state index contributed by atoms with van der Waals surface area (Å²) in [5.41, 5.74) is -0.521. The zero-order chi connectivity index (χ0) is 16.0. The first-order valence-electron chi connectivity index (χ1n) is 8.41. The fraction of sp³-hybridized carbons (Fsp3) is 0.941. The van der Waals surface area contributed by atoms with Crippen molar-refractivity contribution in [2.75, 3.05) is 33.3 Å². The second-order valence-corrected chi connectivity index (χ2v) is 7.25. The highest BCUT2D eigenvalue weighted by molar-refractivity contribution is 5.82. The van der Waals surface area contributed by atoms with Gasteiger partial charge in [-0.15, -0.1) is 0 Å². The summed E-state index contributed by atoms with van der Waals surface area (Å²) in [6.07, 6.45) is 2.25. The molecule has 1 unspecified atom stereocenters. The first kappa shape index (κ1) is 18.4. The molecular weight excluding hydrogens is 264 g/mol. The maximum atomic E-state index is 12.5. The van der Waals surface area contributed by atoms with Crippen LogP contribution >= 0.6 is 0 Å². The minimum Gasteiger partial charge on any atom is -0.468 e. The van der Waals surface area contributed by atoms with Gasteiger partial charge in [0.15, 0.2) is 0 Å². The predicted octanol–water partition coefficient (Wildman–Crippen LogP) is 2.53. The molecule has 1 N–H and O–H groups in total. The number of ether oxygens (including phenoxy) is 1. The topological polar surface area (TPSA) is 41.6 Å². The highest BCUT2D eigenvalue weighted by Gasteiger charge is 2.52. The SMILES string of the molecule is CCNC(CN(CC(C)C)CC(C)C)(C(=O)OC)C1CC1. The lowest BCUT2D eigenvalue weighted by atomic mass is 9.91. The molecule has 1 rings (SSSR count). The first-order chi connectivity index (χ1) is 9.85. The van der Waals surface area contributed by atoms with Crippen LogP contribution in [-0.2, 0) is 9.53 Å². The third kappa shape index (κ3) is 5.26. The van der Waals surface area contributed by atoms with Gasteiger partial charge in [-0.3, -0.25) is 0 Å². The molecule has 4 heteroatoms. The van der Waals surface area contributed by atoms with Gasteiger partial charge in [-0.05, 0) is 37.1 Å². The van der Waals surface area contributed by atoms with Crippen molar-refractivity contribution in [1.82, 2.24) is 10.2 Å². The summed E-state index contributed by atoms with van der Waals surface area (Å²) in [6.45, 7) is 14.6. The summed E-state index contributed by atoms with van der Waals surface area (Å²) in [5.74, 6) is 1.52. The van der Waals surface area contributed by atoms with Crippen LogP contribution in [0.2, 0.25) is 0 Å². The molecule has 124 valence electrons. The molecule has 0 amide bonds. The van der Waals surface area contributed by atoms with Crippen molar-refractivity contribution in [2.24, 2.45) is 17.8 Å². The van der Waals surface area contributed by atoms with Crippen molar-refractivity contribution in [3.8, 4) is 0 Å². The molecule has 0 radical (unpaired) electrons. The summed E-state index contributed by atoms with van der Waals surface area (Å²) in [4.78, 5) is 14.9. The molecule has 0 aromatic carbocycles. The normalized spacial score (nSPS) is 18.3. The number of nitrogens with zero attached hydrogens (tertiary/aromatic N) is 1. The van der Waals surface area contributed by atoms with E-state index in [0.29, 0.717) is 17.8 Å². The lowest BCUT2D eigenvalue weighted by Crippen LogP contribution is -2.61. The Morgan fingerprint density at radius 1 is 1.24 bits per heavy atom. The smallest absolute Gasteiger partial charge is 0.327 e. The number of nitrogens with one attached hydrogen (secondary N) is 1. The van der Waals surface area contributed by atoms with E-state index in [0.717, 1.165) is 39.0 Å². The molecule has 0 aromatic rings. The average molecular weight is 298 g/mol. The summed E-state index contributed by atoms with van der Waals surface area (Å²) in [7, 11) is 1.51. The second kappa shape index (κ2) is 8.14. The molecular formula is C17H34N2O2. The molecule has 0 aromatic heterocycles. The second-order valence-electron chi connectivity index (χ2n) is 7.25. The molecule has 21 heavy (non-hydrogen) atoms. The van der Waals surface area contributed by atoms with Crippen molar-refractivity contribution in [2.45, 2.75) is 53.0 Å². The van der Waals surface area contributed by atoms with Crippen LogP contribution in [0.15, 0.2) is 0 Å². The lowest BCUT2D eigenvalue weighted by Gasteiger charge is -2.38. The van der Waals surface area contributed by atoms with Gasteiger partial charge in [-0.1, -0.05) is 34.6 Å². The van der Waals surface area contributed by atoms with Crippen molar-refractivity contribution in [1.29, 1.82) is 0 Å². The summed E-state index contributed by atoms with van der Waals surface area (Å²) >= 11 is 0. The van der Waals surface area contributed by atoms with Gasteiger partial charge in [0, 0.05) is 19.6 Å². The minimum absolute atomic E-state index is 0.0932. The minimum atomic E-state index is -0.521. The van der Waals surface area contributed by atoms with Gasteiger partial charge in [0.25, 0.3) is 0 Å². The van der Waals surface area contributed by atoms with E-state index in [1.54, 1.807) is 0 Å². The first-order valence-corrected chi connectivity index (χ1v) is 8.41. The van der Waals surface area contributed by atoms with Gasteiger partial charge < -0.3 is 15.0 Å². The van der Waals surface area contributed by atoms with Gasteiger partial charge in [-0.25, -0.2) is 4.79 Å². The third-order valence-electron chi connectivity index (χ3n) is 4.04. The Morgan fingerprint density at radius 2 is 1.76 bits per heavy atom. The van der Waals surface area contributed by atoms with Crippen molar-refractivity contribution in [3.05, 3.63) is 0 Å². The van der Waals surface area contributed by atoms with E-state index in [-0.39, 0.29) is 5.97 Å². The van der Waals surface area contributed by atoms with Crippen LogP contribution in [0, 0.1) is 17.8 Å². The molecule has 1 aliphatic carbocycles. The fourth-order valence-corrected chi connectivity index (χ4v) is 3.30. The average Bonchev–Trinajstić information content (AvgIpc) is 3.19. The number of hydrogen-bond donors (Lipinski definition) is 1. The zero-order valence-electron chi connectivity index (χ0n) is 14.7. The number of methoxy groups -OCH3 is 1. The van der Waals surface area contributed by atoms with E-state index in [1.807, 2.05) is 0 Å². The van der Waals surface area contributed by atoms with Crippen LogP contribution in [0.25, 0.3) is 0 Å². The van der Waals surface area contributed by atoms with Gasteiger partial charge in [0.1, 0.15) is 5.54 Å². The number of likely N-dealkylation sites (N-methyl/N-ethyl adjacent to an activating group) is 1. The van der Waals surface area contributed by atoms with Gasteiger partial charge in [-0.2, -0.15) is 0 Å². The Bertz CT molecular complexity index is 317. The lowest BCUT2D eigenvalue weighted by molar-refractivity contribution is -0.151. The number of carbonyl (C=O) groups is 1. The molecule has 0 aliphatic heterocycles. The number of esters is 1. The summed E-state index contributed by atoms with van der Waals surface area (Å²) in [6, 6.07) is 0. The van der Waals surface area contributed by atoms with E-state index in [1.165, 1.54) is 7.11 Å². The zero-order valence-corrected chi connectivity index (χ0v) is 14.7. The van der Waals surface area contributed by atoms with Crippen LogP contribution in [-0.4, -0.2) is 49.7 Å². The van der Waals surface area contributed by atoms with Crippen LogP contribution < -0.4 is 5.32 Å². The Balaban J connectivity index is 2.91. The Labute approximate surface area is 130 Å². The van der Waals surface area contributed by atoms with Gasteiger partial charge in [0.2, 0.25) is 0 Å². The molecule has 0 saturated heterocycles. The molecule has 4 nitrogen and oxygen atoms in total. The highest BCUT2D eigenvalue weighted by Crippen LogP contribution is 2.41. The molecule has 1 atom stereocenters.